The van der Waals surface area contributed by atoms with Crippen LogP contribution in [0.25, 0.3) is 15.2 Å². The zero-order chi connectivity index (χ0) is 28.7. The summed E-state index contributed by atoms with van der Waals surface area (Å²) in [6.07, 6.45) is 3.59. The van der Waals surface area contributed by atoms with Crippen LogP contribution in [0.5, 0.6) is 5.75 Å². The Morgan fingerprint density at radius 2 is 1.93 bits per heavy atom. The van der Waals surface area contributed by atoms with Crippen LogP contribution in [0.3, 0.4) is 0 Å². The first-order valence-electron chi connectivity index (χ1n) is 13.4. The molecule has 14 heteroatoms. The van der Waals surface area contributed by atoms with E-state index in [0.717, 1.165) is 4.57 Å². The molecule has 3 aromatic heterocycles. The SMILES string of the molecule is COc1ccc(F)cc1C(Cn1c(=O)n(C2CCNC2=O)c(=O)c2c(C)c(-n3nccn3)sc21)OC1CCOCC1. The molecule has 2 fully saturated rings. The van der Waals surface area contributed by atoms with Gasteiger partial charge < -0.3 is 19.5 Å². The molecule has 1 amide bonds. The molecule has 0 saturated carbocycles. The minimum absolute atomic E-state index is 0.0624. The van der Waals surface area contributed by atoms with E-state index < -0.39 is 35.1 Å². The predicted octanol–water partition coefficient (Wildman–Crippen LogP) is 2.26. The van der Waals surface area contributed by atoms with Gasteiger partial charge in [0.1, 0.15) is 33.5 Å². The largest absolute Gasteiger partial charge is 0.496 e. The average Bonchev–Trinajstić information content (AvgIpc) is 3.72. The first-order valence-corrected chi connectivity index (χ1v) is 14.2. The summed E-state index contributed by atoms with van der Waals surface area (Å²) in [7, 11) is 1.48. The van der Waals surface area contributed by atoms with Crippen molar-refractivity contribution < 1.29 is 23.4 Å². The van der Waals surface area contributed by atoms with Gasteiger partial charge in [0, 0.05) is 30.9 Å². The molecule has 216 valence electrons. The maximum absolute atomic E-state index is 14.6. The fraction of sp³-hybridized carbons (Fsp3) is 0.444. The highest BCUT2D eigenvalue weighted by molar-refractivity contribution is 7.21. The molecule has 2 saturated heterocycles. The van der Waals surface area contributed by atoms with Crippen LogP contribution >= 0.6 is 11.3 Å². The Kier molecular flexibility index (Phi) is 7.45. The van der Waals surface area contributed by atoms with Crippen molar-refractivity contribution in [1.29, 1.82) is 0 Å². The topological polar surface area (TPSA) is 132 Å². The first kappa shape index (κ1) is 27.3. The Morgan fingerprint density at radius 3 is 2.61 bits per heavy atom. The Bertz CT molecular complexity index is 1710. The number of hydrogen-bond acceptors (Lipinski definition) is 9. The number of carbonyl (C=O) groups excluding carboxylic acids is 1. The quantitative estimate of drug-likeness (QED) is 0.334. The molecular formula is C27H29FN6O6S. The molecular weight excluding hydrogens is 555 g/mol. The molecule has 2 unspecified atom stereocenters. The summed E-state index contributed by atoms with van der Waals surface area (Å²) in [5, 5.41) is 12.0. The standard InChI is InChI=1S/C27H29FN6O6S/c1-15-22-24(36)33(19-5-8-29-23(19)35)27(37)32(26(22)41-25(15)34-30-9-10-31-34)14-21(40-17-6-11-39-12-7-17)18-13-16(28)3-4-20(18)38-2/h3-4,9-10,13,17,19,21H,5-8,11-12,14H2,1-2H3,(H,29,35). The van der Waals surface area contributed by atoms with Gasteiger partial charge >= 0.3 is 5.69 Å². The maximum atomic E-state index is 14.6. The van der Waals surface area contributed by atoms with Crippen LogP contribution in [0, 0.1) is 12.7 Å². The smallest absolute Gasteiger partial charge is 0.332 e. The number of methoxy groups -OCH3 is 1. The van der Waals surface area contributed by atoms with E-state index in [1.54, 1.807) is 6.92 Å². The van der Waals surface area contributed by atoms with Gasteiger partial charge in [0.25, 0.3) is 5.56 Å². The van der Waals surface area contributed by atoms with Crippen LogP contribution in [-0.4, -0.2) is 63.0 Å². The van der Waals surface area contributed by atoms with Gasteiger partial charge in [-0.05, 0) is 44.4 Å². The van der Waals surface area contributed by atoms with Crippen molar-refractivity contribution in [3.8, 4) is 10.8 Å². The molecule has 41 heavy (non-hydrogen) atoms. The Balaban J connectivity index is 1.57. The van der Waals surface area contributed by atoms with Gasteiger partial charge in [0.2, 0.25) is 5.91 Å². The summed E-state index contributed by atoms with van der Waals surface area (Å²) in [5.74, 6) is -0.468. The molecule has 1 aromatic carbocycles. The number of rotatable bonds is 8. The summed E-state index contributed by atoms with van der Waals surface area (Å²) in [6.45, 7) is 3.10. The molecule has 0 radical (unpaired) electrons. The maximum Gasteiger partial charge on any atom is 0.332 e. The third kappa shape index (κ3) is 4.96. The summed E-state index contributed by atoms with van der Waals surface area (Å²) >= 11 is 1.19. The van der Waals surface area contributed by atoms with Gasteiger partial charge in [-0.1, -0.05) is 11.3 Å². The average molecular weight is 585 g/mol. The Morgan fingerprint density at radius 1 is 1.17 bits per heavy atom. The van der Waals surface area contributed by atoms with Crippen molar-refractivity contribution in [1.82, 2.24) is 29.4 Å². The van der Waals surface area contributed by atoms with Crippen molar-refractivity contribution in [2.45, 2.75) is 51.0 Å². The van der Waals surface area contributed by atoms with Crippen molar-refractivity contribution in [2.75, 3.05) is 26.9 Å². The van der Waals surface area contributed by atoms with Gasteiger partial charge in [-0.3, -0.25) is 14.2 Å². The molecule has 2 aliphatic rings. The van der Waals surface area contributed by atoms with Crippen LogP contribution < -0.4 is 21.3 Å². The minimum Gasteiger partial charge on any atom is -0.496 e. The van der Waals surface area contributed by atoms with Crippen molar-refractivity contribution >= 4 is 27.5 Å². The lowest BCUT2D eigenvalue weighted by Crippen LogP contribution is -2.44. The number of nitrogens with zero attached hydrogens (tertiary/aromatic N) is 5. The van der Waals surface area contributed by atoms with Crippen LogP contribution in [-0.2, 0) is 20.8 Å². The Hall–Kier alpha value is -3.88. The van der Waals surface area contributed by atoms with E-state index in [9.17, 15) is 18.8 Å². The van der Waals surface area contributed by atoms with E-state index in [2.05, 4.69) is 15.5 Å². The zero-order valence-corrected chi connectivity index (χ0v) is 23.4. The second-order valence-corrected chi connectivity index (χ2v) is 11.0. The molecule has 0 bridgehead atoms. The number of hydrogen-bond donors (Lipinski definition) is 1. The third-order valence-electron chi connectivity index (χ3n) is 7.56. The van der Waals surface area contributed by atoms with Gasteiger partial charge in [0.15, 0.2) is 0 Å². The van der Waals surface area contributed by atoms with Crippen LogP contribution in [0.1, 0.15) is 42.5 Å². The van der Waals surface area contributed by atoms with E-state index in [4.69, 9.17) is 14.2 Å². The number of aryl methyl sites for hydroxylation is 1. The zero-order valence-electron chi connectivity index (χ0n) is 22.5. The van der Waals surface area contributed by atoms with Crippen LogP contribution in [0.15, 0.2) is 40.2 Å². The van der Waals surface area contributed by atoms with Crippen molar-refractivity contribution in [3.05, 3.63) is 68.4 Å². The fourth-order valence-corrected chi connectivity index (χ4v) is 6.73. The lowest BCUT2D eigenvalue weighted by molar-refractivity contribution is -0.122. The lowest BCUT2D eigenvalue weighted by Gasteiger charge is -2.29. The molecule has 0 spiro atoms. The van der Waals surface area contributed by atoms with E-state index >= 15 is 0 Å². The number of halogens is 1. The normalized spacial score (nSPS) is 18.6. The highest BCUT2D eigenvalue weighted by Gasteiger charge is 2.33. The van der Waals surface area contributed by atoms with Gasteiger partial charge in [-0.15, -0.1) is 4.80 Å². The monoisotopic (exact) mass is 584 g/mol. The van der Waals surface area contributed by atoms with Gasteiger partial charge in [-0.25, -0.2) is 13.8 Å². The molecule has 2 aliphatic heterocycles. The van der Waals surface area contributed by atoms with E-state index in [1.807, 2.05) is 0 Å². The molecule has 4 aromatic rings. The summed E-state index contributed by atoms with van der Waals surface area (Å²) < 4.78 is 34.6. The number of nitrogens with one attached hydrogen (secondary N) is 1. The van der Waals surface area contributed by atoms with Crippen LogP contribution in [0.2, 0.25) is 0 Å². The summed E-state index contributed by atoms with van der Waals surface area (Å²) in [6, 6.07) is 3.20. The van der Waals surface area contributed by atoms with Gasteiger partial charge in [0.05, 0.1) is 37.5 Å². The molecule has 6 rings (SSSR count). The number of fused-ring (bicyclic) bond motifs is 1. The van der Waals surface area contributed by atoms with E-state index in [0.29, 0.717) is 65.7 Å². The van der Waals surface area contributed by atoms with Crippen LogP contribution in [0.4, 0.5) is 4.39 Å². The second kappa shape index (κ2) is 11.2. The van der Waals surface area contributed by atoms with Gasteiger partial charge in [-0.2, -0.15) is 10.2 Å². The Labute approximate surface area is 237 Å². The second-order valence-electron chi connectivity index (χ2n) is 10.0. The number of amides is 1. The third-order valence-corrected chi connectivity index (χ3v) is 8.84. The molecule has 2 atom stereocenters. The number of benzene rings is 1. The molecule has 5 heterocycles. The van der Waals surface area contributed by atoms with E-state index in [1.165, 1.54) is 58.4 Å². The summed E-state index contributed by atoms with van der Waals surface area (Å²) in [5.41, 5.74) is -0.197. The van der Waals surface area contributed by atoms with Crippen molar-refractivity contribution in [2.24, 2.45) is 0 Å². The highest BCUT2D eigenvalue weighted by Crippen LogP contribution is 2.35. The number of carbonyl (C=O) groups is 1. The van der Waals surface area contributed by atoms with Crippen molar-refractivity contribution in [3.63, 3.8) is 0 Å². The predicted molar refractivity (Wildman–Crippen MR) is 147 cm³/mol. The lowest BCUT2D eigenvalue weighted by atomic mass is 10.1. The molecule has 12 nitrogen and oxygen atoms in total. The first-order chi connectivity index (χ1) is 19.9. The number of thiophene rings is 1. The minimum atomic E-state index is -0.949. The van der Waals surface area contributed by atoms with E-state index in [-0.39, 0.29) is 18.0 Å². The molecule has 1 N–H and O–H groups in total. The summed E-state index contributed by atoms with van der Waals surface area (Å²) in [4.78, 5) is 42.5. The molecule has 0 aliphatic carbocycles. The number of ether oxygens (including phenoxy) is 3. The fourth-order valence-electron chi connectivity index (χ4n) is 5.51. The highest BCUT2D eigenvalue weighted by atomic mass is 32.1. The number of aromatic nitrogens is 5.